The number of alkyl halides is 1. The Labute approximate surface area is 202 Å². The zero-order chi connectivity index (χ0) is 25.3. The molecule has 2 aromatic heterocycles. The highest BCUT2D eigenvalue weighted by Gasteiger charge is 2.41. The van der Waals surface area contributed by atoms with Gasteiger partial charge in [0, 0.05) is 26.0 Å². The molecule has 184 valence electrons. The molecule has 1 fully saturated rings. The zero-order valence-corrected chi connectivity index (χ0v) is 20.2. The number of hydrogen-bond acceptors (Lipinski definition) is 6. The summed E-state index contributed by atoms with van der Waals surface area (Å²) in [4.78, 5) is 45.1. The van der Waals surface area contributed by atoms with E-state index >= 15 is 0 Å². The number of rotatable bonds is 7. The maximum Gasteiger partial charge on any atom is 0.265 e. The third kappa shape index (κ3) is 4.82. The molecule has 1 aliphatic heterocycles. The van der Waals surface area contributed by atoms with E-state index in [1.807, 2.05) is 31.2 Å². The van der Waals surface area contributed by atoms with Crippen LogP contribution in [0.4, 0.5) is 15.8 Å². The molecule has 4 rings (SSSR count). The number of benzene rings is 1. The molecule has 3 heterocycles. The van der Waals surface area contributed by atoms with Gasteiger partial charge in [-0.05, 0) is 25.5 Å². The van der Waals surface area contributed by atoms with Gasteiger partial charge in [-0.1, -0.05) is 29.8 Å². The number of pyridine rings is 2. The standard InChI is InChI=1S/C25H29FN6O3/c1-15-5-7-16(8-6-15)10-30-23(34)18-9-17-21(28-4)19(27-3)11-29-22(17)32(24(18)35)12-20(33)31-13-25(2,26)14-31/h5-9,11,27H,10,12-14H2,1-4H3,(H,28,29)(H,30,34). The van der Waals surface area contributed by atoms with Gasteiger partial charge in [-0.15, -0.1) is 0 Å². The molecular formula is C25H29FN6O3. The van der Waals surface area contributed by atoms with E-state index in [-0.39, 0.29) is 37.4 Å². The number of aryl methyl sites for hydroxylation is 1. The lowest BCUT2D eigenvalue weighted by atomic mass is 9.99. The normalized spacial score (nSPS) is 14.4. The summed E-state index contributed by atoms with van der Waals surface area (Å²) in [7, 11) is 3.45. The summed E-state index contributed by atoms with van der Waals surface area (Å²) in [6.45, 7) is 3.23. The van der Waals surface area contributed by atoms with Crippen LogP contribution in [0.3, 0.4) is 0 Å². The number of hydrogen-bond donors (Lipinski definition) is 3. The predicted molar refractivity (Wildman–Crippen MR) is 134 cm³/mol. The summed E-state index contributed by atoms with van der Waals surface area (Å²) in [6.07, 6.45) is 1.55. The van der Waals surface area contributed by atoms with Crippen molar-refractivity contribution in [3.63, 3.8) is 0 Å². The number of nitrogens with one attached hydrogen (secondary N) is 3. The maximum atomic E-state index is 13.9. The quantitative estimate of drug-likeness (QED) is 0.479. The summed E-state index contributed by atoms with van der Waals surface area (Å²) < 4.78 is 15.1. The van der Waals surface area contributed by atoms with Crippen LogP contribution in [-0.4, -0.2) is 59.1 Å². The van der Waals surface area contributed by atoms with Crippen LogP contribution < -0.4 is 21.5 Å². The Morgan fingerprint density at radius 3 is 2.43 bits per heavy atom. The lowest BCUT2D eigenvalue weighted by Crippen LogP contribution is -2.60. The molecular weight excluding hydrogens is 451 g/mol. The van der Waals surface area contributed by atoms with Gasteiger partial charge < -0.3 is 20.9 Å². The lowest BCUT2D eigenvalue weighted by Gasteiger charge is -2.42. The largest absolute Gasteiger partial charge is 0.386 e. The maximum absolute atomic E-state index is 13.9. The van der Waals surface area contributed by atoms with Crippen LogP contribution in [0.5, 0.6) is 0 Å². The van der Waals surface area contributed by atoms with Crippen molar-refractivity contribution in [1.82, 2.24) is 19.8 Å². The molecule has 0 spiro atoms. The number of aromatic nitrogens is 2. The first-order valence-electron chi connectivity index (χ1n) is 11.4. The van der Waals surface area contributed by atoms with Crippen molar-refractivity contribution >= 4 is 34.2 Å². The molecule has 1 aliphatic rings. The molecule has 35 heavy (non-hydrogen) atoms. The minimum absolute atomic E-state index is 0.0334. The van der Waals surface area contributed by atoms with Crippen molar-refractivity contribution in [3.8, 4) is 0 Å². The monoisotopic (exact) mass is 480 g/mol. The number of carbonyl (C=O) groups is 2. The summed E-state index contributed by atoms with van der Waals surface area (Å²) in [5, 5.41) is 9.40. The number of amides is 2. The van der Waals surface area contributed by atoms with Crippen LogP contribution in [0, 0.1) is 6.92 Å². The molecule has 0 atom stereocenters. The minimum Gasteiger partial charge on any atom is -0.386 e. The van der Waals surface area contributed by atoms with Crippen LogP contribution in [0.1, 0.15) is 28.4 Å². The van der Waals surface area contributed by atoms with Crippen LogP contribution in [0.15, 0.2) is 41.3 Å². The second-order valence-electron chi connectivity index (χ2n) is 9.06. The molecule has 0 radical (unpaired) electrons. The Hall–Kier alpha value is -3.95. The Morgan fingerprint density at radius 2 is 1.83 bits per heavy atom. The predicted octanol–water partition coefficient (Wildman–Crippen LogP) is 2.29. The van der Waals surface area contributed by atoms with Crippen LogP contribution in [-0.2, 0) is 17.9 Å². The highest BCUT2D eigenvalue weighted by molar-refractivity contribution is 6.02. The zero-order valence-electron chi connectivity index (χ0n) is 20.2. The highest BCUT2D eigenvalue weighted by Crippen LogP contribution is 2.30. The van der Waals surface area contributed by atoms with Crippen molar-refractivity contribution in [2.45, 2.75) is 32.6 Å². The van der Waals surface area contributed by atoms with Gasteiger partial charge in [0.05, 0.1) is 30.7 Å². The summed E-state index contributed by atoms with van der Waals surface area (Å²) >= 11 is 0. The van der Waals surface area contributed by atoms with E-state index < -0.39 is 23.0 Å². The van der Waals surface area contributed by atoms with Crippen molar-refractivity contribution in [2.75, 3.05) is 37.8 Å². The van der Waals surface area contributed by atoms with Crippen LogP contribution in [0.25, 0.3) is 11.0 Å². The number of carbonyl (C=O) groups excluding carboxylic acids is 2. The number of likely N-dealkylation sites (tertiary alicyclic amines) is 1. The fraction of sp³-hybridized carbons (Fsp3) is 0.360. The van der Waals surface area contributed by atoms with Crippen molar-refractivity contribution < 1.29 is 14.0 Å². The van der Waals surface area contributed by atoms with E-state index in [0.29, 0.717) is 16.8 Å². The van der Waals surface area contributed by atoms with E-state index in [0.717, 1.165) is 11.1 Å². The minimum atomic E-state index is -1.43. The number of nitrogens with zero attached hydrogens (tertiary/aromatic N) is 3. The molecule has 10 heteroatoms. The molecule has 1 saturated heterocycles. The van der Waals surface area contributed by atoms with Crippen LogP contribution in [0.2, 0.25) is 0 Å². The Bertz CT molecular complexity index is 1340. The number of fused-ring (bicyclic) bond motifs is 1. The molecule has 0 saturated carbocycles. The van der Waals surface area contributed by atoms with Crippen molar-refractivity contribution in [3.05, 3.63) is 63.6 Å². The molecule has 1 aromatic carbocycles. The summed E-state index contributed by atoms with van der Waals surface area (Å²) in [6, 6.07) is 9.18. The summed E-state index contributed by atoms with van der Waals surface area (Å²) in [5.74, 6) is -0.970. The molecule has 0 bridgehead atoms. The lowest BCUT2D eigenvalue weighted by molar-refractivity contribution is -0.144. The number of halogens is 1. The van der Waals surface area contributed by atoms with Gasteiger partial charge in [-0.3, -0.25) is 19.0 Å². The SMILES string of the molecule is CNc1cnc2c(cc(C(=O)NCc3ccc(C)cc3)c(=O)n2CC(=O)N2CC(C)(F)C2)c1NC. The molecule has 9 nitrogen and oxygen atoms in total. The van der Waals surface area contributed by atoms with Gasteiger partial charge in [0.1, 0.15) is 23.4 Å². The number of anilines is 2. The van der Waals surface area contributed by atoms with E-state index in [2.05, 4.69) is 20.9 Å². The van der Waals surface area contributed by atoms with E-state index in [1.54, 1.807) is 20.3 Å². The fourth-order valence-electron chi connectivity index (χ4n) is 4.23. The van der Waals surface area contributed by atoms with Crippen LogP contribution >= 0.6 is 0 Å². The molecule has 2 amide bonds. The first-order valence-corrected chi connectivity index (χ1v) is 11.4. The van der Waals surface area contributed by atoms with Gasteiger partial charge >= 0.3 is 0 Å². The molecule has 3 aromatic rings. The Kier molecular flexibility index (Phi) is 6.47. The van der Waals surface area contributed by atoms with Gasteiger partial charge in [-0.25, -0.2) is 9.37 Å². The average molecular weight is 481 g/mol. The third-order valence-electron chi connectivity index (χ3n) is 6.14. The average Bonchev–Trinajstić information content (AvgIpc) is 2.82. The Balaban J connectivity index is 1.74. The molecule has 3 N–H and O–H groups in total. The van der Waals surface area contributed by atoms with Gasteiger partial charge in [0.15, 0.2) is 0 Å². The third-order valence-corrected chi connectivity index (χ3v) is 6.14. The van der Waals surface area contributed by atoms with E-state index in [1.165, 1.54) is 22.5 Å². The smallest absolute Gasteiger partial charge is 0.265 e. The van der Waals surface area contributed by atoms with Gasteiger partial charge in [0.25, 0.3) is 11.5 Å². The second-order valence-corrected chi connectivity index (χ2v) is 9.06. The Morgan fingerprint density at radius 1 is 1.14 bits per heavy atom. The molecule has 0 unspecified atom stereocenters. The van der Waals surface area contributed by atoms with Crippen molar-refractivity contribution in [1.29, 1.82) is 0 Å². The van der Waals surface area contributed by atoms with Gasteiger partial charge in [0.2, 0.25) is 5.91 Å². The highest BCUT2D eigenvalue weighted by atomic mass is 19.1. The molecule has 0 aliphatic carbocycles. The first kappa shape index (κ1) is 24.2. The van der Waals surface area contributed by atoms with E-state index in [4.69, 9.17) is 0 Å². The van der Waals surface area contributed by atoms with E-state index in [9.17, 15) is 18.8 Å². The first-order chi connectivity index (χ1) is 16.6. The summed E-state index contributed by atoms with van der Waals surface area (Å²) in [5.41, 5.74) is 1.37. The van der Waals surface area contributed by atoms with Crippen molar-refractivity contribution in [2.24, 2.45) is 0 Å². The van der Waals surface area contributed by atoms with Gasteiger partial charge in [-0.2, -0.15) is 0 Å². The fourth-order valence-corrected chi connectivity index (χ4v) is 4.23. The second kappa shape index (κ2) is 9.36. The topological polar surface area (TPSA) is 108 Å².